The Morgan fingerprint density at radius 3 is 2.53 bits per heavy atom. The van der Waals surface area contributed by atoms with Crippen LogP contribution in [0, 0.1) is 0 Å². The van der Waals surface area contributed by atoms with Gasteiger partial charge in [-0.2, -0.15) is 0 Å². The molecule has 0 atom stereocenters. The topological polar surface area (TPSA) is 47.3 Å². The third-order valence-electron chi connectivity index (χ3n) is 2.43. The molecule has 0 aliphatic rings. The summed E-state index contributed by atoms with van der Waals surface area (Å²) >= 11 is 5.96. The SMILES string of the molecule is COc1ccccc1Nc1cccc(Cl)c1N. The third kappa shape index (κ3) is 2.45. The molecule has 17 heavy (non-hydrogen) atoms. The maximum atomic E-state index is 5.96. The number of anilines is 3. The van der Waals surface area contributed by atoms with Crippen LogP contribution < -0.4 is 15.8 Å². The fourth-order valence-electron chi connectivity index (χ4n) is 1.54. The zero-order valence-electron chi connectivity index (χ0n) is 9.41. The number of benzene rings is 2. The summed E-state index contributed by atoms with van der Waals surface area (Å²) in [5, 5.41) is 3.73. The van der Waals surface area contributed by atoms with Crippen molar-refractivity contribution in [1.29, 1.82) is 0 Å². The lowest BCUT2D eigenvalue weighted by Gasteiger charge is -2.13. The molecule has 0 unspecified atom stereocenters. The van der Waals surface area contributed by atoms with Crippen LogP contribution in [0.25, 0.3) is 0 Å². The molecular weight excluding hydrogens is 236 g/mol. The summed E-state index contributed by atoms with van der Waals surface area (Å²) in [5.74, 6) is 0.756. The smallest absolute Gasteiger partial charge is 0.142 e. The van der Waals surface area contributed by atoms with Gasteiger partial charge in [0.15, 0.2) is 0 Å². The first kappa shape index (κ1) is 11.6. The van der Waals surface area contributed by atoms with Gasteiger partial charge in [0.25, 0.3) is 0 Å². The van der Waals surface area contributed by atoms with Gasteiger partial charge < -0.3 is 15.8 Å². The lowest BCUT2D eigenvalue weighted by atomic mass is 10.2. The number of rotatable bonds is 3. The zero-order chi connectivity index (χ0) is 12.3. The number of nitrogens with one attached hydrogen (secondary N) is 1. The van der Waals surface area contributed by atoms with E-state index in [-0.39, 0.29) is 0 Å². The Balaban J connectivity index is 2.35. The van der Waals surface area contributed by atoms with E-state index >= 15 is 0 Å². The molecule has 0 saturated heterocycles. The molecule has 0 saturated carbocycles. The Morgan fingerprint density at radius 2 is 1.76 bits per heavy atom. The van der Waals surface area contributed by atoms with Gasteiger partial charge in [-0.1, -0.05) is 29.8 Å². The Hall–Kier alpha value is -1.87. The van der Waals surface area contributed by atoms with Crippen molar-refractivity contribution < 1.29 is 4.74 Å². The highest BCUT2D eigenvalue weighted by Gasteiger charge is 2.06. The standard InChI is InChI=1S/C13H13ClN2O/c1-17-12-8-3-2-6-10(12)16-11-7-4-5-9(14)13(11)15/h2-8,16H,15H2,1H3. The van der Waals surface area contributed by atoms with Crippen molar-refractivity contribution in [3.8, 4) is 5.75 Å². The predicted octanol–water partition coefficient (Wildman–Crippen LogP) is 3.67. The molecule has 2 aromatic carbocycles. The Morgan fingerprint density at radius 1 is 1.06 bits per heavy atom. The van der Waals surface area contributed by atoms with Crippen molar-refractivity contribution in [2.24, 2.45) is 0 Å². The molecular formula is C13H13ClN2O. The van der Waals surface area contributed by atoms with Gasteiger partial charge in [-0.15, -0.1) is 0 Å². The molecule has 0 spiro atoms. The first-order chi connectivity index (χ1) is 8.22. The lowest BCUT2D eigenvalue weighted by molar-refractivity contribution is 0.417. The van der Waals surface area contributed by atoms with Crippen LogP contribution in [-0.2, 0) is 0 Å². The number of nitrogens with two attached hydrogens (primary N) is 1. The van der Waals surface area contributed by atoms with Crippen molar-refractivity contribution in [3.63, 3.8) is 0 Å². The van der Waals surface area contributed by atoms with E-state index in [2.05, 4.69) is 5.32 Å². The molecule has 4 heteroatoms. The monoisotopic (exact) mass is 248 g/mol. The van der Waals surface area contributed by atoms with Crippen molar-refractivity contribution in [1.82, 2.24) is 0 Å². The maximum absolute atomic E-state index is 5.96. The quantitative estimate of drug-likeness (QED) is 0.815. The van der Waals surface area contributed by atoms with Gasteiger partial charge in [-0.25, -0.2) is 0 Å². The molecule has 2 aromatic rings. The Labute approximate surface area is 105 Å². The minimum Gasteiger partial charge on any atom is -0.495 e. The summed E-state index contributed by atoms with van der Waals surface area (Å²) < 4.78 is 5.25. The molecule has 0 aliphatic carbocycles. The Bertz CT molecular complexity index is 529. The predicted molar refractivity (Wildman–Crippen MR) is 72.1 cm³/mol. The maximum Gasteiger partial charge on any atom is 0.142 e. The Kier molecular flexibility index (Phi) is 3.40. The fraction of sp³-hybridized carbons (Fsp3) is 0.0769. The van der Waals surface area contributed by atoms with Gasteiger partial charge in [0.05, 0.1) is 29.2 Å². The molecule has 0 bridgehead atoms. The molecule has 2 rings (SSSR count). The molecule has 0 heterocycles. The van der Waals surface area contributed by atoms with E-state index in [4.69, 9.17) is 22.1 Å². The van der Waals surface area contributed by atoms with Crippen molar-refractivity contribution in [2.45, 2.75) is 0 Å². The second-order valence-electron chi connectivity index (χ2n) is 3.53. The third-order valence-corrected chi connectivity index (χ3v) is 2.76. The van der Waals surface area contributed by atoms with Gasteiger partial charge in [0, 0.05) is 0 Å². The molecule has 0 radical (unpaired) electrons. The summed E-state index contributed by atoms with van der Waals surface area (Å²) in [4.78, 5) is 0. The minimum atomic E-state index is 0.528. The second kappa shape index (κ2) is 4.97. The molecule has 3 nitrogen and oxygen atoms in total. The van der Waals surface area contributed by atoms with Crippen LogP contribution in [0.2, 0.25) is 5.02 Å². The first-order valence-electron chi connectivity index (χ1n) is 5.16. The van der Waals surface area contributed by atoms with Crippen LogP contribution in [-0.4, -0.2) is 7.11 Å². The number of ether oxygens (including phenoxy) is 1. The lowest BCUT2D eigenvalue weighted by Crippen LogP contribution is -1.98. The average molecular weight is 249 g/mol. The van der Waals surface area contributed by atoms with Gasteiger partial charge >= 0.3 is 0 Å². The molecule has 0 aliphatic heterocycles. The van der Waals surface area contributed by atoms with Crippen molar-refractivity contribution >= 4 is 28.7 Å². The number of hydrogen-bond donors (Lipinski definition) is 2. The molecule has 3 N–H and O–H groups in total. The van der Waals surface area contributed by atoms with Gasteiger partial charge in [0.1, 0.15) is 5.75 Å². The van der Waals surface area contributed by atoms with Crippen LogP contribution in [0.1, 0.15) is 0 Å². The number of hydrogen-bond acceptors (Lipinski definition) is 3. The first-order valence-corrected chi connectivity index (χ1v) is 5.54. The van der Waals surface area contributed by atoms with Crippen LogP contribution >= 0.6 is 11.6 Å². The van der Waals surface area contributed by atoms with Crippen LogP contribution in [0.3, 0.4) is 0 Å². The zero-order valence-corrected chi connectivity index (χ0v) is 10.2. The van der Waals surface area contributed by atoms with E-state index in [0.717, 1.165) is 17.1 Å². The summed E-state index contributed by atoms with van der Waals surface area (Å²) in [7, 11) is 1.63. The average Bonchev–Trinajstić information content (AvgIpc) is 2.35. The summed E-state index contributed by atoms with van der Waals surface area (Å²) in [5.41, 5.74) is 8.03. The highest BCUT2D eigenvalue weighted by molar-refractivity contribution is 6.33. The number of para-hydroxylation sites is 3. The van der Waals surface area contributed by atoms with Crippen molar-refractivity contribution in [3.05, 3.63) is 47.5 Å². The highest BCUT2D eigenvalue weighted by atomic mass is 35.5. The summed E-state index contributed by atoms with van der Waals surface area (Å²) in [6.07, 6.45) is 0. The number of nitrogen functional groups attached to an aromatic ring is 1. The largest absolute Gasteiger partial charge is 0.495 e. The van der Waals surface area contributed by atoms with Crippen LogP contribution in [0.4, 0.5) is 17.1 Å². The van der Waals surface area contributed by atoms with E-state index in [1.165, 1.54) is 0 Å². The number of methoxy groups -OCH3 is 1. The van der Waals surface area contributed by atoms with E-state index in [1.54, 1.807) is 13.2 Å². The van der Waals surface area contributed by atoms with Gasteiger partial charge in [0.2, 0.25) is 0 Å². The van der Waals surface area contributed by atoms with E-state index in [0.29, 0.717) is 10.7 Å². The van der Waals surface area contributed by atoms with Crippen LogP contribution in [0.15, 0.2) is 42.5 Å². The summed E-state index contributed by atoms with van der Waals surface area (Å²) in [6.45, 7) is 0. The fourth-order valence-corrected chi connectivity index (χ4v) is 1.71. The summed E-state index contributed by atoms with van der Waals surface area (Å²) in [6, 6.07) is 13.1. The highest BCUT2D eigenvalue weighted by Crippen LogP contribution is 2.32. The van der Waals surface area contributed by atoms with Crippen molar-refractivity contribution in [2.75, 3.05) is 18.2 Å². The minimum absolute atomic E-state index is 0.528. The number of halogens is 1. The van der Waals surface area contributed by atoms with Gasteiger partial charge in [-0.05, 0) is 24.3 Å². The second-order valence-corrected chi connectivity index (χ2v) is 3.93. The molecule has 88 valence electrons. The van der Waals surface area contributed by atoms with Gasteiger partial charge in [-0.3, -0.25) is 0 Å². The normalized spacial score (nSPS) is 10.0. The van der Waals surface area contributed by atoms with Crippen LogP contribution in [0.5, 0.6) is 5.75 Å². The van der Waals surface area contributed by atoms with E-state index < -0.39 is 0 Å². The van der Waals surface area contributed by atoms with E-state index in [1.807, 2.05) is 36.4 Å². The molecule has 0 fully saturated rings. The molecule has 0 amide bonds. The molecule has 0 aromatic heterocycles. The van der Waals surface area contributed by atoms with E-state index in [9.17, 15) is 0 Å².